The number of hydrogen-bond acceptors (Lipinski definition) is 5. The van der Waals surface area contributed by atoms with E-state index in [0.29, 0.717) is 36.5 Å². The smallest absolute Gasteiger partial charge is 0.274 e. The lowest BCUT2D eigenvalue weighted by atomic mass is 9.96. The summed E-state index contributed by atoms with van der Waals surface area (Å²) in [5.74, 6) is 2.93. The van der Waals surface area contributed by atoms with Gasteiger partial charge in [-0.3, -0.25) is 4.79 Å². The number of fused-ring (bicyclic) bond motifs is 1. The van der Waals surface area contributed by atoms with Crippen LogP contribution in [0.15, 0.2) is 28.8 Å². The van der Waals surface area contributed by atoms with Crippen LogP contribution in [0.25, 0.3) is 5.52 Å². The van der Waals surface area contributed by atoms with Crippen LogP contribution >= 0.6 is 0 Å². The van der Waals surface area contributed by atoms with Gasteiger partial charge in [0.1, 0.15) is 5.82 Å². The van der Waals surface area contributed by atoms with E-state index in [0.717, 1.165) is 30.6 Å². The van der Waals surface area contributed by atoms with E-state index in [2.05, 4.69) is 24.0 Å². The fourth-order valence-corrected chi connectivity index (χ4v) is 3.72. The van der Waals surface area contributed by atoms with Crippen LogP contribution in [0.3, 0.4) is 0 Å². The second-order valence-corrected chi connectivity index (χ2v) is 7.66. The number of likely N-dealkylation sites (tertiary alicyclic amines) is 1. The minimum atomic E-state index is 0.00821. The Hall–Kier alpha value is -2.70. The summed E-state index contributed by atoms with van der Waals surface area (Å²) in [6.45, 7) is 7.48. The van der Waals surface area contributed by atoms with Gasteiger partial charge in [0.15, 0.2) is 5.69 Å². The Bertz CT molecular complexity index is 950. The molecule has 0 atom stereocenters. The van der Waals surface area contributed by atoms with Gasteiger partial charge in [-0.05, 0) is 30.9 Å². The quantitative estimate of drug-likeness (QED) is 0.707. The molecule has 0 unspecified atom stereocenters. The summed E-state index contributed by atoms with van der Waals surface area (Å²) >= 11 is 0. The Balaban J connectivity index is 1.53. The van der Waals surface area contributed by atoms with Gasteiger partial charge in [0.05, 0.1) is 5.52 Å². The molecule has 27 heavy (non-hydrogen) atoms. The monoisotopic (exact) mass is 367 g/mol. The molecule has 1 aliphatic heterocycles. The van der Waals surface area contributed by atoms with Gasteiger partial charge in [-0.2, -0.15) is 0 Å². The molecule has 3 aromatic heterocycles. The lowest BCUT2D eigenvalue weighted by molar-refractivity contribution is 0.0702. The third-order valence-corrected chi connectivity index (χ3v) is 5.09. The fraction of sp³-hybridized carbons (Fsp3) is 0.500. The Kier molecular flexibility index (Phi) is 4.68. The maximum absolute atomic E-state index is 13.2. The normalized spacial score (nSPS) is 15.8. The van der Waals surface area contributed by atoms with E-state index in [1.165, 1.54) is 0 Å². The lowest BCUT2D eigenvalue weighted by Gasteiger charge is -2.30. The van der Waals surface area contributed by atoms with Gasteiger partial charge >= 0.3 is 0 Å². The van der Waals surface area contributed by atoms with Gasteiger partial charge < -0.3 is 13.7 Å². The Morgan fingerprint density at radius 3 is 2.70 bits per heavy atom. The predicted molar refractivity (Wildman–Crippen MR) is 101 cm³/mol. The molecular weight excluding hydrogens is 342 g/mol. The van der Waals surface area contributed by atoms with Gasteiger partial charge in [-0.15, -0.1) is 10.2 Å². The van der Waals surface area contributed by atoms with Crippen LogP contribution in [-0.2, 0) is 6.42 Å². The van der Waals surface area contributed by atoms with Crippen molar-refractivity contribution < 1.29 is 9.21 Å². The zero-order chi connectivity index (χ0) is 19.0. The average molecular weight is 367 g/mol. The second-order valence-electron chi connectivity index (χ2n) is 7.66. The number of nitrogens with zero attached hydrogens (tertiary/aromatic N) is 5. The van der Waals surface area contributed by atoms with Crippen LogP contribution in [0, 0.1) is 12.8 Å². The average Bonchev–Trinajstić information content (AvgIpc) is 3.25. The van der Waals surface area contributed by atoms with E-state index >= 15 is 0 Å². The second kappa shape index (κ2) is 7.13. The number of carbonyl (C=O) groups excluding carboxylic acids is 1. The van der Waals surface area contributed by atoms with Crippen LogP contribution in [0.2, 0.25) is 0 Å². The molecule has 3 aromatic rings. The largest absolute Gasteiger partial charge is 0.425 e. The van der Waals surface area contributed by atoms with Gasteiger partial charge in [-0.1, -0.05) is 19.9 Å². The fourth-order valence-electron chi connectivity index (χ4n) is 3.72. The molecule has 0 aliphatic carbocycles. The summed E-state index contributed by atoms with van der Waals surface area (Å²) in [5, 5.41) is 8.05. The van der Waals surface area contributed by atoms with Crippen molar-refractivity contribution in [3.05, 3.63) is 47.7 Å². The molecule has 7 heteroatoms. The maximum Gasteiger partial charge on any atom is 0.274 e. The van der Waals surface area contributed by atoms with E-state index in [4.69, 9.17) is 9.40 Å². The Labute approximate surface area is 158 Å². The van der Waals surface area contributed by atoms with Gasteiger partial charge in [-0.25, -0.2) is 4.98 Å². The van der Waals surface area contributed by atoms with Gasteiger partial charge in [0.2, 0.25) is 11.8 Å². The van der Waals surface area contributed by atoms with Crippen LogP contribution in [-0.4, -0.2) is 43.5 Å². The van der Waals surface area contributed by atoms with E-state index in [1.807, 2.05) is 33.7 Å². The number of amides is 1. The summed E-state index contributed by atoms with van der Waals surface area (Å²) in [6.07, 6.45) is 4.49. The number of piperidine rings is 1. The molecule has 0 radical (unpaired) electrons. The topological polar surface area (TPSA) is 76.5 Å². The van der Waals surface area contributed by atoms with Crippen molar-refractivity contribution >= 4 is 11.4 Å². The molecule has 1 amide bonds. The number of pyridine rings is 1. The number of carbonyl (C=O) groups is 1. The van der Waals surface area contributed by atoms with E-state index < -0.39 is 0 Å². The first-order chi connectivity index (χ1) is 13.0. The molecule has 0 N–H and O–H groups in total. The number of imidazole rings is 1. The summed E-state index contributed by atoms with van der Waals surface area (Å²) in [5.41, 5.74) is 1.44. The van der Waals surface area contributed by atoms with Crippen LogP contribution in [0.4, 0.5) is 0 Å². The van der Waals surface area contributed by atoms with Gasteiger partial charge in [0, 0.05) is 38.5 Å². The third kappa shape index (κ3) is 3.46. The minimum absolute atomic E-state index is 0.00821. The van der Waals surface area contributed by atoms with E-state index in [9.17, 15) is 4.79 Å². The highest BCUT2D eigenvalue weighted by Crippen LogP contribution is 2.28. The predicted octanol–water partition coefficient (Wildman–Crippen LogP) is 3.24. The molecule has 1 saturated heterocycles. The van der Waals surface area contributed by atoms with E-state index in [-0.39, 0.29) is 11.8 Å². The van der Waals surface area contributed by atoms with Crippen molar-refractivity contribution in [3.8, 4) is 0 Å². The molecule has 0 aromatic carbocycles. The maximum atomic E-state index is 13.2. The van der Waals surface area contributed by atoms with Crippen molar-refractivity contribution in [2.24, 2.45) is 5.92 Å². The van der Waals surface area contributed by atoms with E-state index in [1.54, 1.807) is 6.92 Å². The zero-order valence-corrected chi connectivity index (χ0v) is 16.1. The van der Waals surface area contributed by atoms with Crippen molar-refractivity contribution in [1.29, 1.82) is 0 Å². The first-order valence-electron chi connectivity index (χ1n) is 9.58. The number of rotatable bonds is 4. The summed E-state index contributed by atoms with van der Waals surface area (Å²) in [7, 11) is 0. The number of aryl methyl sites for hydroxylation is 1. The Morgan fingerprint density at radius 2 is 2.04 bits per heavy atom. The molecule has 0 saturated carbocycles. The van der Waals surface area contributed by atoms with Gasteiger partial charge in [0.25, 0.3) is 5.91 Å². The molecule has 4 rings (SSSR count). The van der Waals surface area contributed by atoms with Crippen LogP contribution in [0.5, 0.6) is 0 Å². The molecule has 4 heterocycles. The minimum Gasteiger partial charge on any atom is -0.425 e. The highest BCUT2D eigenvalue weighted by atomic mass is 16.4. The highest BCUT2D eigenvalue weighted by Gasteiger charge is 2.29. The molecule has 1 aliphatic rings. The molecular formula is C20H25N5O2. The zero-order valence-electron chi connectivity index (χ0n) is 16.1. The first kappa shape index (κ1) is 17.7. The van der Waals surface area contributed by atoms with Crippen molar-refractivity contribution in [3.63, 3.8) is 0 Å². The molecule has 0 spiro atoms. The third-order valence-electron chi connectivity index (χ3n) is 5.09. The first-order valence-corrected chi connectivity index (χ1v) is 9.58. The summed E-state index contributed by atoms with van der Waals surface area (Å²) < 4.78 is 7.60. The van der Waals surface area contributed by atoms with Crippen LogP contribution in [0.1, 0.15) is 60.7 Å². The Morgan fingerprint density at radius 1 is 1.26 bits per heavy atom. The molecule has 1 fully saturated rings. The van der Waals surface area contributed by atoms with Crippen molar-refractivity contribution in [1.82, 2.24) is 24.5 Å². The standard InChI is InChI=1S/C20H25N5O2/c1-13(2)12-17-21-18(16-6-4-5-9-25(16)17)20(26)24-10-7-15(8-11-24)19-23-22-14(3)27-19/h4-6,9,13,15H,7-8,10-12H2,1-3H3. The molecule has 0 bridgehead atoms. The highest BCUT2D eigenvalue weighted by molar-refractivity contribution is 5.99. The number of aromatic nitrogens is 4. The molecule has 7 nitrogen and oxygen atoms in total. The SMILES string of the molecule is Cc1nnc(C2CCN(C(=O)c3nc(CC(C)C)n4ccccc34)CC2)o1. The van der Waals surface area contributed by atoms with Crippen molar-refractivity contribution in [2.45, 2.75) is 46.0 Å². The molecule has 142 valence electrons. The lowest BCUT2D eigenvalue weighted by Crippen LogP contribution is -2.38. The number of hydrogen-bond donors (Lipinski definition) is 0. The van der Waals surface area contributed by atoms with Crippen LogP contribution < -0.4 is 0 Å². The van der Waals surface area contributed by atoms with Crippen molar-refractivity contribution in [2.75, 3.05) is 13.1 Å². The summed E-state index contributed by atoms with van der Waals surface area (Å²) in [4.78, 5) is 19.8. The summed E-state index contributed by atoms with van der Waals surface area (Å²) in [6, 6.07) is 5.90.